The molecule has 2 N–H and O–H groups in total. The Balaban J connectivity index is 1.48. The van der Waals surface area contributed by atoms with Crippen LogP contribution in [0, 0.1) is 29.6 Å². The number of hydrogen-bond acceptors (Lipinski definition) is 9. The molecule has 2 aromatic carbocycles. The molecular weight excluding hydrogens is 494 g/mol. The van der Waals surface area contributed by atoms with Crippen LogP contribution in [-0.2, 0) is 7.05 Å². The van der Waals surface area contributed by atoms with Gasteiger partial charge in [0.2, 0.25) is 0 Å². The minimum Gasteiger partial charge on any atom is -0.478 e. The Morgan fingerprint density at radius 2 is 1.74 bits per heavy atom. The SMILES string of the molecule is Cc1cc([C@@H](C)Nc2ccccc2C(=O)O)c2nc(N3CCN(c4cn(C)nc4C#N)CC3)c(C#N)nc2c1. The number of benzene rings is 2. The van der Waals surface area contributed by atoms with Crippen molar-refractivity contribution < 1.29 is 9.90 Å². The summed E-state index contributed by atoms with van der Waals surface area (Å²) in [6.45, 7) is 6.36. The highest BCUT2D eigenvalue weighted by molar-refractivity contribution is 5.94. The largest absolute Gasteiger partial charge is 0.478 e. The minimum absolute atomic E-state index is 0.186. The van der Waals surface area contributed by atoms with E-state index in [9.17, 15) is 20.4 Å². The normalized spacial score (nSPS) is 14.1. The summed E-state index contributed by atoms with van der Waals surface area (Å²) in [6.07, 6.45) is 1.84. The van der Waals surface area contributed by atoms with Crippen molar-refractivity contribution in [3.63, 3.8) is 0 Å². The number of fused-ring (bicyclic) bond motifs is 1. The molecule has 0 radical (unpaired) electrons. The summed E-state index contributed by atoms with van der Waals surface area (Å²) < 4.78 is 1.64. The highest BCUT2D eigenvalue weighted by Gasteiger charge is 2.26. The average molecular weight is 522 g/mol. The van der Waals surface area contributed by atoms with Crippen LogP contribution >= 0.6 is 0 Å². The number of piperazine rings is 1. The molecule has 0 saturated carbocycles. The van der Waals surface area contributed by atoms with E-state index in [1.165, 1.54) is 0 Å². The number of rotatable bonds is 6. The van der Waals surface area contributed by atoms with Gasteiger partial charge in [0.25, 0.3) is 0 Å². The molecule has 196 valence electrons. The van der Waals surface area contributed by atoms with Crippen LogP contribution in [-0.4, -0.2) is 57.0 Å². The maximum Gasteiger partial charge on any atom is 0.337 e. The van der Waals surface area contributed by atoms with Gasteiger partial charge in [0.15, 0.2) is 17.2 Å². The molecule has 1 aliphatic rings. The molecule has 1 saturated heterocycles. The van der Waals surface area contributed by atoms with E-state index in [2.05, 4.69) is 32.4 Å². The van der Waals surface area contributed by atoms with Crippen molar-refractivity contribution >= 4 is 34.2 Å². The molecule has 1 fully saturated rings. The topological polar surface area (TPSA) is 147 Å². The van der Waals surface area contributed by atoms with E-state index in [0.29, 0.717) is 54.4 Å². The van der Waals surface area contributed by atoms with Crippen LogP contribution in [0.3, 0.4) is 0 Å². The summed E-state index contributed by atoms with van der Waals surface area (Å²) in [6, 6.07) is 14.8. The van der Waals surface area contributed by atoms with E-state index in [-0.39, 0.29) is 17.3 Å². The third-order valence-corrected chi connectivity index (χ3v) is 6.86. The first-order valence-electron chi connectivity index (χ1n) is 12.5. The molecule has 5 rings (SSSR count). The first-order chi connectivity index (χ1) is 18.8. The maximum absolute atomic E-state index is 11.7. The molecule has 0 spiro atoms. The fraction of sp³-hybridized carbons (Fsp3) is 0.286. The second-order valence-corrected chi connectivity index (χ2v) is 9.57. The van der Waals surface area contributed by atoms with Gasteiger partial charge in [0.05, 0.1) is 28.3 Å². The van der Waals surface area contributed by atoms with E-state index < -0.39 is 5.97 Å². The Hall–Kier alpha value is -5.16. The lowest BCUT2D eigenvalue weighted by molar-refractivity contribution is 0.0698. The standard InChI is InChI=1S/C28H27N9O2/c1-17-12-20(18(2)31-21-7-5-4-6-19(21)28(38)39)26-22(13-17)32-24(15-30)27(33-26)37-10-8-36(9-11-37)25-16-35(3)34-23(25)14-29/h4-7,12-13,16,18,31H,8-11H2,1-3H3,(H,38,39)/t18-/m1/s1. The molecule has 2 aromatic heterocycles. The second-order valence-electron chi connectivity index (χ2n) is 9.57. The molecule has 0 aliphatic carbocycles. The van der Waals surface area contributed by atoms with Gasteiger partial charge in [-0.2, -0.15) is 15.6 Å². The summed E-state index contributed by atoms with van der Waals surface area (Å²) in [7, 11) is 1.79. The Morgan fingerprint density at radius 3 is 2.44 bits per heavy atom. The smallest absolute Gasteiger partial charge is 0.337 e. The molecule has 0 bridgehead atoms. The fourth-order valence-electron chi connectivity index (χ4n) is 5.00. The van der Waals surface area contributed by atoms with E-state index in [1.807, 2.05) is 37.1 Å². The summed E-state index contributed by atoms with van der Waals surface area (Å²) in [5.74, 6) is -0.493. The summed E-state index contributed by atoms with van der Waals surface area (Å²) >= 11 is 0. The van der Waals surface area contributed by atoms with Crippen molar-refractivity contribution in [2.45, 2.75) is 19.9 Å². The predicted molar refractivity (Wildman–Crippen MR) is 147 cm³/mol. The molecule has 11 nitrogen and oxygen atoms in total. The first-order valence-corrected chi connectivity index (χ1v) is 12.5. The quantitative estimate of drug-likeness (QED) is 0.385. The lowest BCUT2D eigenvalue weighted by Crippen LogP contribution is -2.47. The fourth-order valence-corrected chi connectivity index (χ4v) is 5.00. The van der Waals surface area contributed by atoms with Gasteiger partial charge in [-0.1, -0.05) is 18.2 Å². The Kier molecular flexibility index (Phi) is 6.73. The Bertz CT molecular complexity index is 1660. The number of hydrogen-bond donors (Lipinski definition) is 2. The molecule has 39 heavy (non-hydrogen) atoms. The van der Waals surface area contributed by atoms with Crippen molar-refractivity contribution in [2.24, 2.45) is 7.05 Å². The van der Waals surface area contributed by atoms with Gasteiger partial charge in [0, 0.05) is 50.7 Å². The van der Waals surface area contributed by atoms with Crippen LogP contribution in [0.15, 0.2) is 42.6 Å². The van der Waals surface area contributed by atoms with Crippen molar-refractivity contribution in [3.8, 4) is 12.1 Å². The number of nitriles is 2. The van der Waals surface area contributed by atoms with Crippen LogP contribution in [0.2, 0.25) is 0 Å². The van der Waals surface area contributed by atoms with Crippen molar-refractivity contribution in [2.75, 3.05) is 41.3 Å². The van der Waals surface area contributed by atoms with Crippen molar-refractivity contribution in [3.05, 3.63) is 70.7 Å². The number of carbonyl (C=O) groups is 1. The van der Waals surface area contributed by atoms with Gasteiger partial charge in [-0.05, 0) is 37.6 Å². The van der Waals surface area contributed by atoms with Crippen LogP contribution < -0.4 is 15.1 Å². The van der Waals surface area contributed by atoms with E-state index in [4.69, 9.17) is 4.98 Å². The zero-order valence-electron chi connectivity index (χ0n) is 21.9. The molecule has 0 amide bonds. The average Bonchev–Trinajstić information content (AvgIpc) is 3.32. The molecule has 1 aliphatic heterocycles. The first kappa shape index (κ1) is 25.5. The number of nitrogens with one attached hydrogen (secondary N) is 1. The van der Waals surface area contributed by atoms with Crippen molar-refractivity contribution in [1.82, 2.24) is 19.7 Å². The van der Waals surface area contributed by atoms with Gasteiger partial charge in [-0.25, -0.2) is 14.8 Å². The highest BCUT2D eigenvalue weighted by atomic mass is 16.4. The second kappa shape index (κ2) is 10.3. The molecule has 3 heterocycles. The molecule has 11 heteroatoms. The van der Waals surface area contributed by atoms with E-state index in [1.54, 1.807) is 36.0 Å². The molecule has 4 aromatic rings. The van der Waals surface area contributed by atoms with E-state index in [0.717, 1.165) is 16.8 Å². The number of nitrogens with zero attached hydrogens (tertiary/aromatic N) is 8. The number of anilines is 3. The zero-order chi connectivity index (χ0) is 27.7. The number of aromatic carboxylic acids is 1. The van der Waals surface area contributed by atoms with Gasteiger partial charge < -0.3 is 20.2 Å². The van der Waals surface area contributed by atoms with Crippen LogP contribution in [0.25, 0.3) is 11.0 Å². The number of para-hydroxylation sites is 1. The van der Waals surface area contributed by atoms with Crippen LogP contribution in [0.1, 0.15) is 45.8 Å². The molecule has 1 atom stereocenters. The Morgan fingerprint density at radius 1 is 1.05 bits per heavy atom. The molecule has 0 unspecified atom stereocenters. The lowest BCUT2D eigenvalue weighted by Gasteiger charge is -2.36. The van der Waals surface area contributed by atoms with Gasteiger partial charge in [-0.3, -0.25) is 4.68 Å². The zero-order valence-corrected chi connectivity index (χ0v) is 21.9. The Labute approximate surface area is 225 Å². The van der Waals surface area contributed by atoms with Crippen LogP contribution in [0.5, 0.6) is 0 Å². The predicted octanol–water partition coefficient (Wildman–Crippen LogP) is 3.61. The monoisotopic (exact) mass is 521 g/mol. The third kappa shape index (κ3) is 4.90. The third-order valence-electron chi connectivity index (χ3n) is 6.86. The van der Waals surface area contributed by atoms with Crippen molar-refractivity contribution in [1.29, 1.82) is 10.5 Å². The van der Waals surface area contributed by atoms with Gasteiger partial charge in [-0.15, -0.1) is 0 Å². The number of carboxylic acid groups (broad SMARTS) is 1. The number of aryl methyl sites for hydroxylation is 2. The number of aromatic nitrogens is 4. The molecular formula is C28H27N9O2. The van der Waals surface area contributed by atoms with Crippen LogP contribution in [0.4, 0.5) is 17.2 Å². The lowest BCUT2D eigenvalue weighted by atomic mass is 10.0. The summed E-state index contributed by atoms with van der Waals surface area (Å²) in [5.41, 5.74) is 5.22. The maximum atomic E-state index is 11.7. The minimum atomic E-state index is -1.01. The van der Waals surface area contributed by atoms with Gasteiger partial charge >= 0.3 is 5.97 Å². The number of carboxylic acids is 1. The van der Waals surface area contributed by atoms with Gasteiger partial charge in [0.1, 0.15) is 12.1 Å². The summed E-state index contributed by atoms with van der Waals surface area (Å²) in [5, 5.41) is 36.5. The summed E-state index contributed by atoms with van der Waals surface area (Å²) in [4.78, 5) is 25.5. The van der Waals surface area contributed by atoms with E-state index >= 15 is 0 Å². The highest BCUT2D eigenvalue weighted by Crippen LogP contribution is 2.31.